The van der Waals surface area contributed by atoms with E-state index in [0.717, 1.165) is 78.4 Å². The third kappa shape index (κ3) is 5.65. The highest BCUT2D eigenvalue weighted by molar-refractivity contribution is 6.35. The van der Waals surface area contributed by atoms with Crippen molar-refractivity contribution in [3.8, 4) is 5.88 Å². The molecule has 5 heterocycles. The number of fused-ring (bicyclic) bond motifs is 2. The molecule has 2 aromatic carbocycles. The summed E-state index contributed by atoms with van der Waals surface area (Å²) in [6, 6.07) is 17.0. The summed E-state index contributed by atoms with van der Waals surface area (Å²) in [5.41, 5.74) is 3.97. The van der Waals surface area contributed by atoms with Crippen LogP contribution < -0.4 is 9.64 Å². The summed E-state index contributed by atoms with van der Waals surface area (Å²) in [6.07, 6.45) is 2.83. The molecule has 43 heavy (non-hydrogen) atoms. The van der Waals surface area contributed by atoms with Crippen LogP contribution in [-0.2, 0) is 29.2 Å². The molecule has 0 unspecified atom stereocenters. The van der Waals surface area contributed by atoms with E-state index in [1.807, 2.05) is 48.5 Å². The minimum Gasteiger partial charge on any atom is -0.473 e. The number of hydrogen-bond donors (Lipinski definition) is 0. The van der Waals surface area contributed by atoms with E-state index in [9.17, 15) is 4.79 Å². The number of nitrogens with zero attached hydrogens (tertiary/aromatic N) is 5. The van der Waals surface area contributed by atoms with E-state index in [1.165, 1.54) is 7.11 Å². The van der Waals surface area contributed by atoms with Crippen LogP contribution in [0.4, 0.5) is 5.82 Å². The molecule has 2 aliphatic heterocycles. The summed E-state index contributed by atoms with van der Waals surface area (Å²) in [4.78, 5) is 26.6. The summed E-state index contributed by atoms with van der Waals surface area (Å²) < 4.78 is 24.6. The van der Waals surface area contributed by atoms with Crippen LogP contribution in [0.25, 0.3) is 22.0 Å². The molecule has 2 fully saturated rings. The van der Waals surface area contributed by atoms with Crippen molar-refractivity contribution in [3.63, 3.8) is 0 Å². The predicted octanol–water partition coefficient (Wildman–Crippen LogP) is 5.31. The number of esters is 1. The maximum atomic E-state index is 12.2. The van der Waals surface area contributed by atoms with Crippen LogP contribution in [0.2, 0.25) is 5.02 Å². The molecule has 0 radical (unpaired) electrons. The van der Waals surface area contributed by atoms with Crippen molar-refractivity contribution < 1.29 is 23.4 Å². The zero-order valence-electron chi connectivity index (χ0n) is 23.9. The molecular formula is C32H32ClN5O5. The van der Waals surface area contributed by atoms with Crippen molar-refractivity contribution >= 4 is 45.4 Å². The van der Waals surface area contributed by atoms with E-state index in [-0.39, 0.29) is 12.1 Å². The van der Waals surface area contributed by atoms with E-state index in [0.29, 0.717) is 36.2 Å². The average Bonchev–Trinajstić information content (AvgIpc) is 3.64. The lowest BCUT2D eigenvalue weighted by molar-refractivity contribution is -0.0592. The van der Waals surface area contributed by atoms with Gasteiger partial charge in [0, 0.05) is 49.8 Å². The van der Waals surface area contributed by atoms with Crippen molar-refractivity contribution in [2.45, 2.75) is 32.2 Å². The predicted molar refractivity (Wildman–Crippen MR) is 163 cm³/mol. The molecule has 5 aromatic rings. The molecule has 222 valence electrons. The van der Waals surface area contributed by atoms with Gasteiger partial charge in [0.15, 0.2) is 0 Å². The molecule has 2 saturated heterocycles. The third-order valence-corrected chi connectivity index (χ3v) is 8.55. The lowest BCUT2D eigenvalue weighted by Crippen LogP contribution is -2.46. The summed E-state index contributed by atoms with van der Waals surface area (Å²) in [7, 11) is 1.40. The second kappa shape index (κ2) is 11.9. The Hall–Kier alpha value is -4.12. The minimum atomic E-state index is -0.352. The monoisotopic (exact) mass is 601 g/mol. The summed E-state index contributed by atoms with van der Waals surface area (Å²) >= 11 is 6.28. The van der Waals surface area contributed by atoms with Crippen LogP contribution >= 0.6 is 11.6 Å². The number of benzene rings is 2. The van der Waals surface area contributed by atoms with Crippen LogP contribution in [0.15, 0.2) is 65.3 Å². The molecule has 10 nitrogen and oxygen atoms in total. The van der Waals surface area contributed by atoms with Crippen LogP contribution in [0, 0.1) is 0 Å². The first-order valence-corrected chi connectivity index (χ1v) is 14.8. The second-order valence-electron chi connectivity index (χ2n) is 10.9. The normalized spacial score (nSPS) is 17.3. The number of pyridine rings is 1. The number of halogens is 1. The topological polar surface area (TPSA) is 95.1 Å². The van der Waals surface area contributed by atoms with Crippen LogP contribution in [0.3, 0.4) is 0 Å². The van der Waals surface area contributed by atoms with Crippen LogP contribution in [-0.4, -0.2) is 71.4 Å². The van der Waals surface area contributed by atoms with Crippen molar-refractivity contribution in [2.24, 2.45) is 0 Å². The molecule has 0 spiro atoms. The van der Waals surface area contributed by atoms with E-state index in [4.69, 9.17) is 40.2 Å². The molecular weight excluding hydrogens is 570 g/mol. The van der Waals surface area contributed by atoms with Crippen molar-refractivity contribution in [1.82, 2.24) is 19.4 Å². The number of hydrogen-bond acceptors (Lipinski definition) is 9. The standard InChI is InChI=1S/C32H32ClN5O5/c1-40-32(39)21-6-8-26-27(17-21)38(18-23-9-15-41-23)29(34-26)19-36-11-13-37(14-12-36)28-3-2-4-30(35-28)43-20-22-5-7-25(33)24-10-16-42-31(22)24/h2-8,10,16-17,23H,9,11-15,18-20H2,1H3/t23-/m0/s1. The number of imidazole rings is 1. The van der Waals surface area contributed by atoms with Crippen molar-refractivity contribution in [2.75, 3.05) is 44.8 Å². The smallest absolute Gasteiger partial charge is 0.337 e. The van der Waals surface area contributed by atoms with Crippen LogP contribution in [0.5, 0.6) is 5.88 Å². The van der Waals surface area contributed by atoms with E-state index < -0.39 is 0 Å². The van der Waals surface area contributed by atoms with Gasteiger partial charge in [-0.2, -0.15) is 4.98 Å². The number of methoxy groups -OCH3 is 1. The fraction of sp³-hybridized carbons (Fsp3) is 0.344. The Morgan fingerprint density at radius 3 is 2.72 bits per heavy atom. The maximum absolute atomic E-state index is 12.2. The van der Waals surface area contributed by atoms with Gasteiger partial charge in [0.2, 0.25) is 5.88 Å². The fourth-order valence-electron chi connectivity index (χ4n) is 5.72. The number of ether oxygens (including phenoxy) is 3. The van der Waals surface area contributed by atoms with Gasteiger partial charge in [0.1, 0.15) is 23.8 Å². The molecule has 0 amide bonds. The van der Waals surface area contributed by atoms with E-state index in [2.05, 4.69) is 14.4 Å². The molecule has 0 saturated carbocycles. The zero-order chi connectivity index (χ0) is 29.3. The molecule has 2 aliphatic rings. The summed E-state index contributed by atoms with van der Waals surface area (Å²) in [5, 5.41) is 1.53. The maximum Gasteiger partial charge on any atom is 0.337 e. The van der Waals surface area contributed by atoms with Crippen LogP contribution in [0.1, 0.15) is 28.2 Å². The molecule has 0 aliphatic carbocycles. The zero-order valence-corrected chi connectivity index (χ0v) is 24.6. The van der Waals surface area contributed by atoms with Gasteiger partial charge < -0.3 is 28.1 Å². The van der Waals surface area contributed by atoms with Gasteiger partial charge in [-0.1, -0.05) is 23.7 Å². The largest absolute Gasteiger partial charge is 0.473 e. The van der Waals surface area contributed by atoms with E-state index >= 15 is 0 Å². The van der Waals surface area contributed by atoms with Gasteiger partial charge in [-0.25, -0.2) is 9.78 Å². The van der Waals surface area contributed by atoms with Gasteiger partial charge in [-0.05, 0) is 42.8 Å². The van der Waals surface area contributed by atoms with Gasteiger partial charge in [-0.3, -0.25) is 4.90 Å². The highest BCUT2D eigenvalue weighted by atomic mass is 35.5. The highest BCUT2D eigenvalue weighted by Gasteiger charge is 2.25. The number of aromatic nitrogens is 3. The number of carbonyl (C=O) groups is 1. The first kappa shape index (κ1) is 27.7. The third-order valence-electron chi connectivity index (χ3n) is 8.22. The number of anilines is 1. The van der Waals surface area contributed by atoms with Gasteiger partial charge in [0.05, 0.1) is 54.2 Å². The van der Waals surface area contributed by atoms with Gasteiger partial charge >= 0.3 is 5.97 Å². The van der Waals surface area contributed by atoms with E-state index in [1.54, 1.807) is 12.3 Å². The number of carbonyl (C=O) groups excluding carboxylic acids is 1. The average molecular weight is 602 g/mol. The Morgan fingerprint density at radius 2 is 1.93 bits per heavy atom. The summed E-state index contributed by atoms with van der Waals surface area (Å²) in [6.45, 7) is 5.94. The Kier molecular flexibility index (Phi) is 7.65. The minimum absolute atomic E-state index is 0.167. The molecule has 3 aromatic heterocycles. The first-order chi connectivity index (χ1) is 21.1. The lowest BCUT2D eigenvalue weighted by atomic mass is 10.1. The first-order valence-electron chi connectivity index (χ1n) is 14.5. The number of furan rings is 1. The Bertz CT molecular complexity index is 1770. The van der Waals surface area contributed by atoms with Gasteiger partial charge in [-0.15, -0.1) is 0 Å². The SMILES string of the molecule is COC(=O)c1ccc2nc(CN3CCN(c4cccc(OCc5ccc(Cl)c6ccoc56)n4)CC3)n(C[C@@H]3CCO3)c2c1. The molecule has 7 rings (SSSR count). The molecule has 11 heteroatoms. The lowest BCUT2D eigenvalue weighted by Gasteiger charge is -2.35. The number of rotatable bonds is 9. The highest BCUT2D eigenvalue weighted by Crippen LogP contribution is 2.29. The summed E-state index contributed by atoms with van der Waals surface area (Å²) in [5.74, 6) is 2.08. The quantitative estimate of drug-likeness (QED) is 0.208. The molecule has 0 bridgehead atoms. The molecule has 0 N–H and O–H groups in total. The molecule has 1 atom stereocenters. The van der Waals surface area contributed by atoms with Gasteiger partial charge in [0.25, 0.3) is 0 Å². The van der Waals surface area contributed by atoms with Crippen molar-refractivity contribution in [1.29, 1.82) is 0 Å². The Morgan fingerprint density at radius 1 is 1.07 bits per heavy atom. The number of piperazine rings is 1. The Balaban J connectivity index is 1.01. The second-order valence-corrected chi connectivity index (χ2v) is 11.3. The Labute approximate surface area is 253 Å². The van der Waals surface area contributed by atoms with Crippen molar-refractivity contribution in [3.05, 3.63) is 82.8 Å². The fourth-order valence-corrected chi connectivity index (χ4v) is 5.93.